The lowest BCUT2D eigenvalue weighted by atomic mass is 10.1. The molecule has 1 aliphatic heterocycles. The Bertz CT molecular complexity index is 560. The van der Waals surface area contributed by atoms with E-state index in [-0.39, 0.29) is 11.9 Å². The van der Waals surface area contributed by atoms with Gasteiger partial charge in [-0.25, -0.2) is 4.79 Å². The third kappa shape index (κ3) is 3.84. The van der Waals surface area contributed by atoms with E-state index >= 15 is 0 Å². The first-order chi connectivity index (χ1) is 10.5. The summed E-state index contributed by atoms with van der Waals surface area (Å²) in [4.78, 5) is 27.0. The minimum Gasteiger partial charge on any atom is -0.361 e. The van der Waals surface area contributed by atoms with Gasteiger partial charge in [0.2, 0.25) is 5.91 Å². The van der Waals surface area contributed by atoms with Crippen LogP contribution in [0.4, 0.5) is 10.6 Å². The van der Waals surface area contributed by atoms with E-state index in [0.717, 1.165) is 17.1 Å². The summed E-state index contributed by atoms with van der Waals surface area (Å²) in [5, 5.41) is 13.5. The van der Waals surface area contributed by atoms with Crippen molar-refractivity contribution in [3.05, 3.63) is 17.3 Å². The van der Waals surface area contributed by atoms with Crippen molar-refractivity contribution >= 4 is 17.8 Å². The van der Waals surface area contributed by atoms with E-state index < -0.39 is 0 Å². The number of anilines is 1. The fourth-order valence-corrected chi connectivity index (χ4v) is 2.28. The summed E-state index contributed by atoms with van der Waals surface area (Å²) in [6, 6.07) is 1.70. The second-order valence-corrected chi connectivity index (χ2v) is 5.39. The largest absolute Gasteiger partial charge is 0.361 e. The summed E-state index contributed by atoms with van der Waals surface area (Å²) in [7, 11) is 5.36. The third-order valence-corrected chi connectivity index (χ3v) is 3.59. The molecule has 0 fully saturated rings. The lowest BCUT2D eigenvalue weighted by Gasteiger charge is -2.28. The molecule has 0 aliphatic carbocycles. The molecule has 0 bridgehead atoms. The van der Waals surface area contributed by atoms with Gasteiger partial charge in [-0.3, -0.25) is 4.79 Å². The molecule has 22 heavy (non-hydrogen) atoms. The molecule has 1 aromatic rings. The Balaban J connectivity index is 1.94. The van der Waals surface area contributed by atoms with E-state index in [1.807, 2.05) is 25.1 Å². The molecule has 0 saturated carbocycles. The van der Waals surface area contributed by atoms with Crippen molar-refractivity contribution in [2.45, 2.75) is 19.4 Å². The summed E-state index contributed by atoms with van der Waals surface area (Å²) < 4.78 is 0. The van der Waals surface area contributed by atoms with Crippen LogP contribution in [0.5, 0.6) is 0 Å². The van der Waals surface area contributed by atoms with E-state index in [2.05, 4.69) is 20.8 Å². The van der Waals surface area contributed by atoms with Crippen LogP contribution >= 0.6 is 0 Å². The van der Waals surface area contributed by atoms with E-state index in [9.17, 15) is 9.59 Å². The predicted molar refractivity (Wildman–Crippen MR) is 82.6 cm³/mol. The molecule has 3 amide bonds. The minimum atomic E-state index is -0.275. The van der Waals surface area contributed by atoms with Gasteiger partial charge in [0, 0.05) is 53.6 Å². The standard InChI is InChI=1S/C14H22N6O2/c1-15-14(22)16-6-4-13(21)20-7-5-11-10(9-20)8-12(18-17-11)19(2)3/h8H,4-7,9H2,1-3H3,(H2,15,16,22). The van der Waals surface area contributed by atoms with Gasteiger partial charge in [-0.15, -0.1) is 5.10 Å². The number of carbonyl (C=O) groups is 2. The summed E-state index contributed by atoms with van der Waals surface area (Å²) in [6.45, 7) is 1.52. The van der Waals surface area contributed by atoms with Gasteiger partial charge in [-0.05, 0) is 11.6 Å². The van der Waals surface area contributed by atoms with Crippen LogP contribution in [0.2, 0.25) is 0 Å². The number of hydrogen-bond donors (Lipinski definition) is 2. The first-order valence-corrected chi connectivity index (χ1v) is 7.27. The molecule has 0 unspecified atom stereocenters. The molecule has 1 aromatic heterocycles. The van der Waals surface area contributed by atoms with Crippen LogP contribution in [0.15, 0.2) is 6.07 Å². The molecular formula is C14H22N6O2. The molecule has 0 radical (unpaired) electrons. The zero-order chi connectivity index (χ0) is 16.1. The number of amides is 3. The first-order valence-electron chi connectivity index (χ1n) is 7.27. The number of nitrogens with one attached hydrogen (secondary N) is 2. The normalized spacial score (nSPS) is 13.3. The van der Waals surface area contributed by atoms with Crippen LogP contribution in [-0.4, -0.2) is 61.3 Å². The van der Waals surface area contributed by atoms with Crippen LogP contribution < -0.4 is 15.5 Å². The topological polar surface area (TPSA) is 90.5 Å². The summed E-state index contributed by atoms with van der Waals surface area (Å²) >= 11 is 0. The fourth-order valence-electron chi connectivity index (χ4n) is 2.28. The highest BCUT2D eigenvalue weighted by Crippen LogP contribution is 2.20. The first kappa shape index (κ1) is 16.0. The van der Waals surface area contributed by atoms with E-state index in [1.165, 1.54) is 0 Å². The zero-order valence-corrected chi connectivity index (χ0v) is 13.2. The van der Waals surface area contributed by atoms with Crippen molar-refractivity contribution < 1.29 is 9.59 Å². The summed E-state index contributed by atoms with van der Waals surface area (Å²) in [5.74, 6) is 0.819. The molecule has 0 spiro atoms. The van der Waals surface area contributed by atoms with Gasteiger partial charge in [0.15, 0.2) is 5.82 Å². The molecule has 2 heterocycles. The SMILES string of the molecule is CNC(=O)NCCC(=O)N1CCc2nnc(N(C)C)cc2C1. The maximum Gasteiger partial charge on any atom is 0.314 e. The monoisotopic (exact) mass is 306 g/mol. The summed E-state index contributed by atoms with van der Waals surface area (Å²) in [6.07, 6.45) is 1.01. The van der Waals surface area contributed by atoms with Gasteiger partial charge in [-0.2, -0.15) is 5.10 Å². The quantitative estimate of drug-likeness (QED) is 0.800. The molecule has 2 rings (SSSR count). The second kappa shape index (κ2) is 7.06. The molecule has 8 nitrogen and oxygen atoms in total. The number of rotatable bonds is 4. The maximum absolute atomic E-state index is 12.2. The van der Waals surface area contributed by atoms with E-state index in [0.29, 0.717) is 32.5 Å². The highest BCUT2D eigenvalue weighted by Gasteiger charge is 2.22. The van der Waals surface area contributed by atoms with Gasteiger partial charge in [0.25, 0.3) is 0 Å². The number of hydrogen-bond acceptors (Lipinski definition) is 5. The van der Waals surface area contributed by atoms with E-state index in [1.54, 1.807) is 11.9 Å². The average molecular weight is 306 g/mol. The van der Waals surface area contributed by atoms with Crippen molar-refractivity contribution in [1.29, 1.82) is 0 Å². The summed E-state index contributed by atoms with van der Waals surface area (Å²) in [5.41, 5.74) is 2.00. The van der Waals surface area contributed by atoms with E-state index in [4.69, 9.17) is 0 Å². The number of carbonyl (C=O) groups excluding carboxylic acids is 2. The number of fused-ring (bicyclic) bond motifs is 1. The Labute approximate surface area is 129 Å². The zero-order valence-electron chi connectivity index (χ0n) is 13.2. The minimum absolute atomic E-state index is 0.0327. The molecule has 0 saturated heterocycles. The molecule has 0 aromatic carbocycles. The van der Waals surface area contributed by atoms with Gasteiger partial charge in [-0.1, -0.05) is 0 Å². The van der Waals surface area contributed by atoms with Crippen LogP contribution in [0.1, 0.15) is 17.7 Å². The molecule has 1 aliphatic rings. The van der Waals surface area contributed by atoms with Crippen molar-refractivity contribution in [3.8, 4) is 0 Å². The van der Waals surface area contributed by atoms with Crippen LogP contribution in [0.25, 0.3) is 0 Å². The average Bonchev–Trinajstić information content (AvgIpc) is 2.53. The van der Waals surface area contributed by atoms with Crippen LogP contribution in [-0.2, 0) is 17.8 Å². The molecule has 120 valence electrons. The van der Waals surface area contributed by atoms with Gasteiger partial charge in [0.1, 0.15) is 0 Å². The van der Waals surface area contributed by atoms with Crippen LogP contribution in [0, 0.1) is 0 Å². The van der Waals surface area contributed by atoms with Gasteiger partial charge in [0.05, 0.1) is 5.69 Å². The van der Waals surface area contributed by atoms with Crippen molar-refractivity contribution in [2.24, 2.45) is 0 Å². The highest BCUT2D eigenvalue weighted by molar-refractivity contribution is 5.78. The number of aromatic nitrogens is 2. The fraction of sp³-hybridized carbons (Fsp3) is 0.571. The smallest absolute Gasteiger partial charge is 0.314 e. The number of nitrogens with zero attached hydrogens (tertiary/aromatic N) is 4. The Hall–Kier alpha value is -2.38. The van der Waals surface area contributed by atoms with Gasteiger partial charge < -0.3 is 20.4 Å². The predicted octanol–water partition coefficient (Wildman–Crippen LogP) is -0.254. The van der Waals surface area contributed by atoms with Crippen molar-refractivity contribution in [3.63, 3.8) is 0 Å². The number of urea groups is 1. The Kier molecular flexibility index (Phi) is 5.13. The van der Waals surface area contributed by atoms with Crippen LogP contribution in [0.3, 0.4) is 0 Å². The molecular weight excluding hydrogens is 284 g/mol. The Morgan fingerprint density at radius 3 is 2.82 bits per heavy atom. The Morgan fingerprint density at radius 1 is 1.36 bits per heavy atom. The second-order valence-electron chi connectivity index (χ2n) is 5.39. The van der Waals surface area contributed by atoms with Crippen molar-refractivity contribution in [1.82, 2.24) is 25.7 Å². The lowest BCUT2D eigenvalue weighted by molar-refractivity contribution is -0.132. The molecule has 2 N–H and O–H groups in total. The highest BCUT2D eigenvalue weighted by atomic mass is 16.2. The van der Waals surface area contributed by atoms with Gasteiger partial charge >= 0.3 is 6.03 Å². The lowest BCUT2D eigenvalue weighted by Crippen LogP contribution is -2.39. The maximum atomic E-state index is 12.2. The Morgan fingerprint density at radius 2 is 2.14 bits per heavy atom. The molecule has 8 heteroatoms. The molecule has 0 atom stereocenters. The van der Waals surface area contributed by atoms with Crippen molar-refractivity contribution in [2.75, 3.05) is 39.1 Å². The third-order valence-electron chi connectivity index (χ3n) is 3.59.